The minimum absolute atomic E-state index is 0.249. The van der Waals surface area contributed by atoms with Crippen LogP contribution in [-0.4, -0.2) is 67.4 Å². The minimum Gasteiger partial charge on any atom is -0.492 e. The molecule has 1 aliphatic heterocycles. The van der Waals surface area contributed by atoms with E-state index in [1.165, 1.54) is 0 Å². The SMILES string of the molecule is NCc1ccccc1OCCN1CCCN(CCO)CC1. The molecule has 1 aliphatic rings. The maximum atomic E-state index is 9.01. The summed E-state index contributed by atoms with van der Waals surface area (Å²) in [5.74, 6) is 0.900. The third kappa shape index (κ3) is 5.28. The van der Waals surface area contributed by atoms with Crippen LogP contribution in [0.2, 0.25) is 0 Å². The third-order valence-electron chi connectivity index (χ3n) is 3.95. The molecule has 3 N–H and O–H groups in total. The van der Waals surface area contributed by atoms with Crippen molar-refractivity contribution in [2.45, 2.75) is 13.0 Å². The second kappa shape index (κ2) is 9.00. The molecule has 1 aromatic carbocycles. The van der Waals surface area contributed by atoms with E-state index in [1.54, 1.807) is 0 Å². The van der Waals surface area contributed by atoms with Crippen LogP contribution in [0.3, 0.4) is 0 Å². The van der Waals surface area contributed by atoms with Crippen LogP contribution in [0, 0.1) is 0 Å². The molecule has 0 aromatic heterocycles. The van der Waals surface area contributed by atoms with Crippen molar-refractivity contribution in [2.75, 3.05) is 52.5 Å². The highest BCUT2D eigenvalue weighted by Gasteiger charge is 2.14. The number of aliphatic hydroxyl groups excluding tert-OH is 1. The van der Waals surface area contributed by atoms with E-state index in [0.717, 1.165) is 57.0 Å². The Morgan fingerprint density at radius 1 is 1.05 bits per heavy atom. The molecule has 2 rings (SSSR count). The van der Waals surface area contributed by atoms with Crippen molar-refractivity contribution in [1.82, 2.24) is 9.80 Å². The standard InChI is InChI=1S/C16H27N3O2/c17-14-15-4-1-2-5-16(15)21-13-11-19-7-3-6-18(8-9-19)10-12-20/h1-2,4-5,20H,3,6-14,17H2. The van der Waals surface area contributed by atoms with Gasteiger partial charge in [-0.05, 0) is 25.6 Å². The number of benzene rings is 1. The number of para-hydroxylation sites is 1. The molecule has 118 valence electrons. The third-order valence-corrected chi connectivity index (χ3v) is 3.95. The topological polar surface area (TPSA) is 62.0 Å². The van der Waals surface area contributed by atoms with Crippen molar-refractivity contribution < 1.29 is 9.84 Å². The first-order valence-electron chi connectivity index (χ1n) is 7.80. The Kier molecular flexibility index (Phi) is 6.95. The molecular formula is C16H27N3O2. The van der Waals surface area contributed by atoms with Gasteiger partial charge in [-0.25, -0.2) is 0 Å². The number of nitrogens with zero attached hydrogens (tertiary/aromatic N) is 2. The van der Waals surface area contributed by atoms with Gasteiger partial charge in [0.15, 0.2) is 0 Å². The molecule has 0 bridgehead atoms. The fourth-order valence-electron chi connectivity index (χ4n) is 2.71. The highest BCUT2D eigenvalue weighted by molar-refractivity contribution is 5.32. The number of hydrogen-bond donors (Lipinski definition) is 2. The lowest BCUT2D eigenvalue weighted by atomic mass is 10.2. The Morgan fingerprint density at radius 2 is 1.76 bits per heavy atom. The molecule has 5 heteroatoms. The lowest BCUT2D eigenvalue weighted by molar-refractivity contribution is 0.188. The number of ether oxygens (including phenoxy) is 1. The van der Waals surface area contributed by atoms with Gasteiger partial charge in [0, 0.05) is 38.3 Å². The summed E-state index contributed by atoms with van der Waals surface area (Å²) >= 11 is 0. The van der Waals surface area contributed by atoms with Gasteiger partial charge in [0.25, 0.3) is 0 Å². The van der Waals surface area contributed by atoms with Gasteiger partial charge in [0.05, 0.1) is 6.61 Å². The maximum absolute atomic E-state index is 9.01. The average molecular weight is 293 g/mol. The van der Waals surface area contributed by atoms with E-state index >= 15 is 0 Å². The Morgan fingerprint density at radius 3 is 2.48 bits per heavy atom. The minimum atomic E-state index is 0.249. The molecule has 0 radical (unpaired) electrons. The van der Waals surface area contributed by atoms with E-state index in [9.17, 15) is 0 Å². The number of nitrogens with two attached hydrogens (primary N) is 1. The Balaban J connectivity index is 1.73. The fraction of sp³-hybridized carbons (Fsp3) is 0.625. The van der Waals surface area contributed by atoms with E-state index in [4.69, 9.17) is 15.6 Å². The van der Waals surface area contributed by atoms with Gasteiger partial charge < -0.3 is 15.6 Å². The normalized spacial score (nSPS) is 17.6. The summed E-state index contributed by atoms with van der Waals surface area (Å²) in [7, 11) is 0. The molecule has 0 spiro atoms. The van der Waals surface area contributed by atoms with Crippen LogP contribution < -0.4 is 10.5 Å². The molecule has 1 saturated heterocycles. The quantitative estimate of drug-likeness (QED) is 0.768. The summed E-state index contributed by atoms with van der Waals surface area (Å²) in [6, 6.07) is 7.95. The zero-order chi connectivity index (χ0) is 14.9. The first-order valence-corrected chi connectivity index (χ1v) is 7.80. The van der Waals surface area contributed by atoms with Gasteiger partial charge in [-0.1, -0.05) is 18.2 Å². The van der Waals surface area contributed by atoms with Crippen LogP contribution in [0.25, 0.3) is 0 Å². The number of β-amino-alcohol motifs (C(OH)–C–C–N with tert-alkyl or cyclic N) is 1. The number of hydrogen-bond acceptors (Lipinski definition) is 5. The summed E-state index contributed by atoms with van der Waals surface area (Å²) in [5.41, 5.74) is 6.77. The van der Waals surface area contributed by atoms with Crippen LogP contribution in [0.5, 0.6) is 5.75 Å². The van der Waals surface area contributed by atoms with E-state index in [-0.39, 0.29) is 6.61 Å². The van der Waals surface area contributed by atoms with Crippen molar-refractivity contribution in [3.05, 3.63) is 29.8 Å². The van der Waals surface area contributed by atoms with Gasteiger partial charge in [0.2, 0.25) is 0 Å². The Labute approximate surface area is 127 Å². The molecule has 1 heterocycles. The van der Waals surface area contributed by atoms with Crippen LogP contribution in [0.15, 0.2) is 24.3 Å². The van der Waals surface area contributed by atoms with Gasteiger partial charge in [-0.15, -0.1) is 0 Å². The molecular weight excluding hydrogens is 266 g/mol. The van der Waals surface area contributed by atoms with Gasteiger partial charge in [0.1, 0.15) is 12.4 Å². The molecule has 21 heavy (non-hydrogen) atoms. The van der Waals surface area contributed by atoms with Crippen LogP contribution in [0.4, 0.5) is 0 Å². The molecule has 0 atom stereocenters. The van der Waals surface area contributed by atoms with Gasteiger partial charge in [-0.2, -0.15) is 0 Å². The van der Waals surface area contributed by atoms with Crippen molar-refractivity contribution in [2.24, 2.45) is 5.73 Å². The van der Waals surface area contributed by atoms with Gasteiger partial charge >= 0.3 is 0 Å². The van der Waals surface area contributed by atoms with Crippen molar-refractivity contribution >= 4 is 0 Å². The lowest BCUT2D eigenvalue weighted by Crippen LogP contribution is -2.34. The smallest absolute Gasteiger partial charge is 0.123 e. The molecule has 1 aromatic rings. The fourth-order valence-corrected chi connectivity index (χ4v) is 2.71. The van der Waals surface area contributed by atoms with Crippen molar-refractivity contribution in [3.63, 3.8) is 0 Å². The van der Waals surface area contributed by atoms with Crippen molar-refractivity contribution in [1.29, 1.82) is 0 Å². The molecule has 0 unspecified atom stereocenters. The van der Waals surface area contributed by atoms with E-state index in [0.29, 0.717) is 13.2 Å². The summed E-state index contributed by atoms with van der Waals surface area (Å²) in [6.45, 7) is 7.42. The number of rotatable bonds is 7. The predicted molar refractivity (Wildman–Crippen MR) is 84.4 cm³/mol. The molecule has 0 amide bonds. The molecule has 0 aliphatic carbocycles. The highest BCUT2D eigenvalue weighted by atomic mass is 16.5. The van der Waals surface area contributed by atoms with Crippen LogP contribution >= 0.6 is 0 Å². The van der Waals surface area contributed by atoms with Crippen LogP contribution in [-0.2, 0) is 6.54 Å². The van der Waals surface area contributed by atoms with Crippen molar-refractivity contribution in [3.8, 4) is 5.75 Å². The Hall–Kier alpha value is -1.14. The molecule has 0 saturated carbocycles. The predicted octanol–water partition coefficient (Wildman–Crippen LogP) is 0.524. The number of aliphatic hydroxyl groups is 1. The largest absolute Gasteiger partial charge is 0.492 e. The first-order chi connectivity index (χ1) is 10.3. The summed E-state index contributed by atoms with van der Waals surface area (Å²) in [6.07, 6.45) is 1.15. The maximum Gasteiger partial charge on any atom is 0.123 e. The monoisotopic (exact) mass is 293 g/mol. The second-order valence-electron chi connectivity index (χ2n) is 5.42. The summed E-state index contributed by atoms with van der Waals surface area (Å²) < 4.78 is 5.87. The van der Waals surface area contributed by atoms with E-state index < -0.39 is 0 Å². The summed E-state index contributed by atoms with van der Waals surface area (Å²) in [5, 5.41) is 9.01. The van der Waals surface area contributed by atoms with E-state index in [2.05, 4.69) is 9.80 Å². The first kappa shape index (κ1) is 16.2. The zero-order valence-electron chi connectivity index (χ0n) is 12.7. The van der Waals surface area contributed by atoms with Gasteiger partial charge in [-0.3, -0.25) is 9.80 Å². The average Bonchev–Trinajstić information content (AvgIpc) is 2.74. The Bertz CT molecular complexity index is 414. The molecule has 5 nitrogen and oxygen atoms in total. The van der Waals surface area contributed by atoms with E-state index in [1.807, 2.05) is 24.3 Å². The second-order valence-corrected chi connectivity index (χ2v) is 5.42. The van der Waals surface area contributed by atoms with Crippen LogP contribution in [0.1, 0.15) is 12.0 Å². The highest BCUT2D eigenvalue weighted by Crippen LogP contribution is 2.17. The molecule has 1 fully saturated rings. The summed E-state index contributed by atoms with van der Waals surface area (Å²) in [4.78, 5) is 4.76. The lowest BCUT2D eigenvalue weighted by Gasteiger charge is -2.21. The zero-order valence-corrected chi connectivity index (χ0v) is 12.7.